The van der Waals surface area contributed by atoms with E-state index in [0.717, 1.165) is 36.6 Å². The quantitative estimate of drug-likeness (QED) is 0.386. The highest BCUT2D eigenvalue weighted by Crippen LogP contribution is 2.36. The first kappa shape index (κ1) is 30.5. The highest BCUT2D eigenvalue weighted by atomic mass is 19.4. The summed E-state index contributed by atoms with van der Waals surface area (Å²) in [6.45, 7) is 4.60. The summed E-state index contributed by atoms with van der Waals surface area (Å²) in [5.41, 5.74) is -0.0718. The topological polar surface area (TPSA) is 153 Å². The van der Waals surface area contributed by atoms with Gasteiger partial charge in [0.1, 0.15) is 6.54 Å². The molecular weight excluding hydrogens is 581 g/mol. The molecule has 5 rings (SSSR count). The van der Waals surface area contributed by atoms with Crippen LogP contribution in [0.5, 0.6) is 0 Å². The van der Waals surface area contributed by atoms with Gasteiger partial charge >= 0.3 is 12.2 Å². The molecule has 3 aromatic rings. The summed E-state index contributed by atoms with van der Waals surface area (Å²) >= 11 is 0. The van der Waals surface area contributed by atoms with Crippen LogP contribution < -0.4 is 16.0 Å². The number of amides is 4. The summed E-state index contributed by atoms with van der Waals surface area (Å²) in [5, 5.41) is 21.3. The molecule has 16 heteroatoms. The Hall–Kier alpha value is -4.91. The number of anilines is 1. The predicted octanol–water partition coefficient (Wildman–Crippen LogP) is 2.22. The number of aryl methyl sites for hydroxylation is 1. The van der Waals surface area contributed by atoms with Gasteiger partial charge in [0, 0.05) is 63.3 Å². The minimum atomic E-state index is -4.78. The number of hydrogen-bond acceptors (Lipinski definition) is 7. The summed E-state index contributed by atoms with van der Waals surface area (Å²) in [6.07, 6.45) is -1.66. The number of urea groups is 1. The Balaban J connectivity index is 1.23. The molecule has 0 radical (unpaired) electrons. The van der Waals surface area contributed by atoms with Gasteiger partial charge in [-0.25, -0.2) is 9.78 Å². The molecule has 232 valence electrons. The van der Waals surface area contributed by atoms with E-state index >= 15 is 0 Å². The number of halogens is 3. The molecule has 1 aromatic carbocycles. The lowest BCUT2D eigenvalue weighted by Gasteiger charge is -2.35. The van der Waals surface area contributed by atoms with Gasteiger partial charge in [0.2, 0.25) is 0 Å². The molecule has 2 aromatic heterocycles. The lowest BCUT2D eigenvalue weighted by molar-refractivity contribution is -0.141. The molecule has 0 spiro atoms. The highest BCUT2D eigenvalue weighted by Gasteiger charge is 2.38. The first-order chi connectivity index (χ1) is 21.0. The summed E-state index contributed by atoms with van der Waals surface area (Å²) in [4.78, 5) is 46.3. The van der Waals surface area contributed by atoms with Gasteiger partial charge in [0.05, 0.1) is 23.5 Å². The van der Waals surface area contributed by atoms with Gasteiger partial charge in [0.15, 0.2) is 11.5 Å². The summed E-state index contributed by atoms with van der Waals surface area (Å²) in [7, 11) is 1.40. The second-order valence-corrected chi connectivity index (χ2v) is 10.7. The van der Waals surface area contributed by atoms with Crippen LogP contribution in [0, 0.1) is 18.3 Å². The zero-order valence-electron chi connectivity index (χ0n) is 24.1. The van der Waals surface area contributed by atoms with E-state index in [1.165, 1.54) is 11.6 Å². The molecule has 4 heterocycles. The fourth-order valence-electron chi connectivity index (χ4n) is 5.34. The molecule has 0 bridgehead atoms. The van der Waals surface area contributed by atoms with Crippen molar-refractivity contribution in [3.8, 4) is 17.3 Å². The second kappa shape index (κ2) is 12.4. The van der Waals surface area contributed by atoms with Crippen LogP contribution in [-0.2, 0) is 19.8 Å². The van der Waals surface area contributed by atoms with Crippen molar-refractivity contribution in [2.75, 3.05) is 44.6 Å². The zero-order chi connectivity index (χ0) is 31.6. The molecular formula is C28H31F3N10O3. The van der Waals surface area contributed by atoms with Crippen LogP contribution >= 0.6 is 0 Å². The van der Waals surface area contributed by atoms with Crippen LogP contribution in [0.25, 0.3) is 11.3 Å². The molecule has 0 saturated carbocycles. The van der Waals surface area contributed by atoms with E-state index in [-0.39, 0.29) is 41.6 Å². The van der Waals surface area contributed by atoms with E-state index in [4.69, 9.17) is 5.26 Å². The summed E-state index contributed by atoms with van der Waals surface area (Å²) in [5.74, 6) is -1.00. The number of nitrogens with one attached hydrogen (secondary N) is 3. The number of alkyl halides is 3. The zero-order valence-corrected chi connectivity index (χ0v) is 24.1. The third-order valence-corrected chi connectivity index (χ3v) is 7.69. The van der Waals surface area contributed by atoms with Crippen LogP contribution in [0.4, 0.5) is 23.7 Å². The molecule has 4 amide bonds. The van der Waals surface area contributed by atoms with Crippen LogP contribution in [0.15, 0.2) is 30.6 Å². The number of nitrogens with zero attached hydrogens (tertiary/aromatic N) is 7. The average molecular weight is 613 g/mol. The molecule has 13 nitrogen and oxygen atoms in total. The number of nitriles is 1. The van der Waals surface area contributed by atoms with Gasteiger partial charge in [-0.2, -0.15) is 23.5 Å². The second-order valence-electron chi connectivity index (χ2n) is 10.7. The van der Waals surface area contributed by atoms with Crippen molar-refractivity contribution < 1.29 is 27.6 Å². The molecule has 1 atom stereocenters. The van der Waals surface area contributed by atoms with Gasteiger partial charge in [-0.05, 0) is 43.7 Å². The largest absolute Gasteiger partial charge is 0.435 e. The Kier molecular flexibility index (Phi) is 8.59. The molecule has 2 fully saturated rings. The van der Waals surface area contributed by atoms with Gasteiger partial charge in [-0.15, -0.1) is 0 Å². The van der Waals surface area contributed by atoms with Crippen molar-refractivity contribution in [2.24, 2.45) is 7.05 Å². The van der Waals surface area contributed by atoms with Crippen molar-refractivity contribution in [3.63, 3.8) is 0 Å². The van der Waals surface area contributed by atoms with Crippen LogP contribution in [0.1, 0.15) is 38.7 Å². The maximum Gasteiger partial charge on any atom is 0.435 e. The third-order valence-electron chi connectivity index (χ3n) is 7.69. The number of carbonyl (C=O) groups excluding carboxylic acids is 3. The highest BCUT2D eigenvalue weighted by molar-refractivity contribution is 6.03. The average Bonchev–Trinajstić information content (AvgIpc) is 3.73. The van der Waals surface area contributed by atoms with Crippen molar-refractivity contribution in [2.45, 2.75) is 32.1 Å². The molecule has 3 N–H and O–H groups in total. The van der Waals surface area contributed by atoms with Crippen LogP contribution in [-0.4, -0.2) is 92.3 Å². The normalized spacial score (nSPS) is 17.0. The van der Waals surface area contributed by atoms with E-state index < -0.39 is 17.8 Å². The van der Waals surface area contributed by atoms with E-state index in [9.17, 15) is 27.6 Å². The van der Waals surface area contributed by atoms with Crippen molar-refractivity contribution >= 4 is 23.5 Å². The first-order valence-electron chi connectivity index (χ1n) is 14.0. The van der Waals surface area contributed by atoms with Gasteiger partial charge in [0.25, 0.3) is 11.8 Å². The maximum absolute atomic E-state index is 13.6. The Bertz CT molecular complexity index is 1610. The summed E-state index contributed by atoms with van der Waals surface area (Å²) < 4.78 is 43.0. The van der Waals surface area contributed by atoms with Crippen molar-refractivity contribution in [1.29, 1.82) is 5.26 Å². The number of imidazole rings is 1. The Morgan fingerprint density at radius 3 is 2.52 bits per heavy atom. The Morgan fingerprint density at radius 2 is 1.89 bits per heavy atom. The number of aromatic nitrogens is 4. The Morgan fingerprint density at radius 1 is 1.16 bits per heavy atom. The molecule has 0 unspecified atom stereocenters. The number of hydrogen-bond donors (Lipinski definition) is 3. The molecule has 0 aliphatic carbocycles. The Labute approximate surface area is 250 Å². The standard InChI is InChI=1S/C28H31F3N10O3/c1-17-13-18(3-4-20(17)26(43)39-9-11-40(12-10-39)27(44)36-19-5-7-33-14-19)35-25(42)24-34-15-22(38(24)2)21-16-41(8-6-32)37-23(21)28(29,30)31/h3-4,13,15-16,19,33H,5,7-12,14H2,1-2H3,(H,35,42)(H,36,44)/t19-/m0/s1. The van der Waals surface area contributed by atoms with Gasteiger partial charge in [-0.3, -0.25) is 14.3 Å². The predicted molar refractivity (Wildman–Crippen MR) is 151 cm³/mol. The molecule has 2 aliphatic rings. The monoisotopic (exact) mass is 612 g/mol. The fourth-order valence-corrected chi connectivity index (χ4v) is 5.34. The lowest BCUT2D eigenvalue weighted by Crippen LogP contribution is -2.54. The molecule has 2 aliphatic heterocycles. The number of carbonyl (C=O) groups is 3. The van der Waals surface area contributed by atoms with E-state index in [0.29, 0.717) is 43.0 Å². The third kappa shape index (κ3) is 6.37. The summed E-state index contributed by atoms with van der Waals surface area (Å²) in [6, 6.07) is 6.53. The number of piperazine rings is 1. The molecule has 2 saturated heterocycles. The first-order valence-corrected chi connectivity index (χ1v) is 14.0. The van der Waals surface area contributed by atoms with Crippen molar-refractivity contribution in [1.82, 2.24) is 39.8 Å². The van der Waals surface area contributed by atoms with E-state index in [1.54, 1.807) is 41.0 Å². The van der Waals surface area contributed by atoms with E-state index in [1.807, 2.05) is 0 Å². The van der Waals surface area contributed by atoms with Crippen molar-refractivity contribution in [3.05, 3.63) is 53.2 Å². The van der Waals surface area contributed by atoms with Gasteiger partial charge in [-0.1, -0.05) is 0 Å². The minimum absolute atomic E-state index is 0.00286. The van der Waals surface area contributed by atoms with E-state index in [2.05, 4.69) is 26.0 Å². The van der Waals surface area contributed by atoms with Crippen LogP contribution in [0.3, 0.4) is 0 Å². The number of benzene rings is 1. The minimum Gasteiger partial charge on any atom is -0.335 e. The maximum atomic E-state index is 13.6. The lowest BCUT2D eigenvalue weighted by atomic mass is 10.1. The number of rotatable bonds is 6. The SMILES string of the molecule is Cc1cc(NC(=O)c2ncc(-c3cn(CC#N)nc3C(F)(F)F)n2C)ccc1C(=O)N1CCN(C(=O)N[C@H]2CCNC2)CC1. The smallest absolute Gasteiger partial charge is 0.335 e. The fraction of sp³-hybridized carbons (Fsp3) is 0.429. The van der Waals surface area contributed by atoms with Gasteiger partial charge < -0.3 is 30.3 Å². The molecule has 44 heavy (non-hydrogen) atoms. The van der Waals surface area contributed by atoms with Crippen LogP contribution in [0.2, 0.25) is 0 Å².